The first-order valence-electron chi connectivity index (χ1n) is 30.3. The molecule has 1 saturated carbocycles. The topological polar surface area (TPSA) is 50.9 Å². The molecule has 14 rings (SSSR count). The van der Waals surface area contributed by atoms with Gasteiger partial charge in [-0.3, -0.25) is 9.55 Å². The highest BCUT2D eigenvalue weighted by atomic mass is 16.3. The molecule has 0 unspecified atom stereocenters. The molecule has 404 valence electrons. The van der Waals surface area contributed by atoms with E-state index in [-0.39, 0.29) is 17.1 Å². The van der Waals surface area contributed by atoms with E-state index in [4.69, 9.17) is 9.97 Å². The van der Waals surface area contributed by atoms with Crippen LogP contribution in [0.25, 0.3) is 106 Å². The van der Waals surface area contributed by atoms with Crippen LogP contribution in [0.1, 0.15) is 57.6 Å². The maximum atomic E-state index is 13.0. The van der Waals surface area contributed by atoms with Crippen molar-refractivity contribution < 1.29 is 7.85 Å². The summed E-state index contributed by atoms with van der Waals surface area (Å²) >= 11 is 0. The van der Waals surface area contributed by atoms with Crippen molar-refractivity contribution in [2.75, 3.05) is 0 Å². The van der Waals surface area contributed by atoms with Crippen LogP contribution < -0.4 is 0 Å². The molecule has 1 N–H and O–H groups in total. The van der Waals surface area contributed by atoms with Crippen molar-refractivity contribution in [2.45, 2.75) is 44.4 Å². The Balaban J connectivity index is 0.967. The van der Waals surface area contributed by atoms with Crippen LogP contribution in [-0.4, -0.2) is 19.6 Å². The summed E-state index contributed by atoms with van der Waals surface area (Å²) in [5, 5.41) is 13.0. The van der Waals surface area contributed by atoms with E-state index >= 15 is 0 Å². The molecular formula is C80H63N3O. The minimum absolute atomic E-state index is 0.0683. The number of aromatic hydroxyl groups is 1. The van der Waals surface area contributed by atoms with Gasteiger partial charge in [0.1, 0.15) is 11.6 Å². The summed E-state index contributed by atoms with van der Waals surface area (Å²) in [6.45, 7) is 2.31. The molecule has 4 nitrogen and oxygen atoms in total. The molecule has 11 aromatic carbocycles. The Hall–Kier alpha value is -10.2. The van der Waals surface area contributed by atoms with Gasteiger partial charge < -0.3 is 5.11 Å². The van der Waals surface area contributed by atoms with Gasteiger partial charge in [-0.1, -0.05) is 250 Å². The maximum Gasteiger partial charge on any atom is 0.149 e. The van der Waals surface area contributed by atoms with E-state index < -0.39 is 6.37 Å². The molecule has 84 heavy (non-hydrogen) atoms. The molecular weight excluding hydrogens is 1020 g/mol. The fourth-order valence-corrected chi connectivity index (χ4v) is 12.7. The normalized spacial score (nSPS) is 13.2. The Bertz CT molecular complexity index is 4500. The number of imidazole rings is 1. The lowest BCUT2D eigenvalue weighted by Crippen LogP contribution is -2.25. The Kier molecular flexibility index (Phi) is 13.4. The molecule has 0 saturated heterocycles. The van der Waals surface area contributed by atoms with E-state index in [1.807, 2.05) is 85.1 Å². The van der Waals surface area contributed by atoms with Gasteiger partial charge in [0.05, 0.1) is 28.0 Å². The highest BCUT2D eigenvalue weighted by Crippen LogP contribution is 2.47. The molecule has 1 fully saturated rings. The van der Waals surface area contributed by atoms with Crippen molar-refractivity contribution in [3.8, 4) is 101 Å². The van der Waals surface area contributed by atoms with Crippen molar-refractivity contribution in [1.82, 2.24) is 14.5 Å². The van der Waals surface area contributed by atoms with Crippen LogP contribution in [-0.2, 0) is 11.8 Å². The molecule has 2 aromatic heterocycles. The van der Waals surface area contributed by atoms with E-state index in [1.54, 1.807) is 0 Å². The van der Waals surface area contributed by atoms with Gasteiger partial charge in [-0.05, 0) is 152 Å². The van der Waals surface area contributed by atoms with Gasteiger partial charge in [0, 0.05) is 36.6 Å². The van der Waals surface area contributed by atoms with Gasteiger partial charge in [0.15, 0.2) is 0 Å². The second kappa shape index (κ2) is 22.6. The third-order valence-corrected chi connectivity index (χ3v) is 17.2. The summed E-state index contributed by atoms with van der Waals surface area (Å²) < 4.78 is 21.5. The molecule has 0 amide bonds. The standard InChI is InChI=1S/C80H63N3O/c1-80(67-33-16-6-17-34-67,68-35-18-7-19-36-68)69-42-40-59(41-43-69)62-45-46-81-74(54-62)66-50-63(57-25-8-2-9-26-57)49-65(51-66)70-37-22-38-76-77(70)82-79(73-53-64(58-27-10-3-11-28-58)52-72(78(73)84)61-31-14-5-15-32-61)83(76)75-44-39-56(47-55-23-20-21-24-55)48-71(75)60-29-12-4-13-30-60/h2-19,22,25-46,48-55,84H,20-21,23-24,47H2,1H3/i47D2. The quantitative estimate of drug-likeness (QED) is 0.110. The minimum Gasteiger partial charge on any atom is -0.507 e. The van der Waals surface area contributed by atoms with E-state index in [0.717, 1.165) is 115 Å². The smallest absolute Gasteiger partial charge is 0.149 e. The SMILES string of the molecule is [2H]C([2H])(c1ccc(-n2c(-c3cc(-c4ccccc4)cc(-c4ccccc4)c3O)nc3c(-c4cc(-c5ccccc5)cc(-c5cc(-c6ccc(C(C)(c7ccccc7)c7ccccc7)cc6)ccn5)c4)cccc32)c(-c2ccccc2)c1)C1CCCC1. The van der Waals surface area contributed by atoms with Crippen LogP contribution in [0.2, 0.25) is 0 Å². The summed E-state index contributed by atoms with van der Waals surface area (Å²) in [5.74, 6) is 0.595. The number of aromatic nitrogens is 3. The van der Waals surface area contributed by atoms with Gasteiger partial charge in [0.25, 0.3) is 0 Å². The number of rotatable bonds is 14. The van der Waals surface area contributed by atoms with Crippen LogP contribution in [0.4, 0.5) is 0 Å². The maximum absolute atomic E-state index is 13.0. The van der Waals surface area contributed by atoms with Gasteiger partial charge in [-0.2, -0.15) is 0 Å². The molecule has 0 atom stereocenters. The van der Waals surface area contributed by atoms with Crippen molar-refractivity contribution in [3.05, 3.63) is 314 Å². The fraction of sp³-hybridized carbons (Fsp3) is 0.100. The lowest BCUT2D eigenvalue weighted by atomic mass is 9.71. The second-order valence-electron chi connectivity index (χ2n) is 22.3. The summed E-state index contributed by atoms with van der Waals surface area (Å²) in [6.07, 6.45) is 4.18. The van der Waals surface area contributed by atoms with Crippen molar-refractivity contribution in [1.29, 1.82) is 0 Å². The van der Waals surface area contributed by atoms with E-state index in [0.29, 0.717) is 22.5 Å². The molecule has 0 radical (unpaired) electrons. The zero-order chi connectivity index (χ0) is 58.2. The zero-order valence-electron chi connectivity index (χ0n) is 48.9. The minimum atomic E-state index is -1.54. The summed E-state index contributed by atoms with van der Waals surface area (Å²) in [7, 11) is 0. The molecule has 1 aliphatic rings. The molecule has 2 heterocycles. The highest BCUT2D eigenvalue weighted by molar-refractivity contribution is 5.99. The zero-order valence-corrected chi connectivity index (χ0v) is 46.9. The van der Waals surface area contributed by atoms with Gasteiger partial charge in [-0.25, -0.2) is 4.98 Å². The van der Waals surface area contributed by atoms with Gasteiger partial charge >= 0.3 is 0 Å². The number of fused-ring (bicyclic) bond motifs is 1. The number of para-hydroxylation sites is 1. The monoisotopic (exact) mass is 1080 g/mol. The van der Waals surface area contributed by atoms with Crippen molar-refractivity contribution in [2.24, 2.45) is 5.92 Å². The number of hydrogen-bond acceptors (Lipinski definition) is 3. The van der Waals surface area contributed by atoms with Gasteiger partial charge in [0.2, 0.25) is 0 Å². The Morgan fingerprint density at radius 1 is 0.429 bits per heavy atom. The van der Waals surface area contributed by atoms with E-state index in [2.05, 4.69) is 218 Å². The number of phenolic OH excluding ortho intramolecular Hbond substituents is 1. The summed E-state index contributed by atoms with van der Waals surface area (Å²) in [5.41, 5.74) is 20.2. The summed E-state index contributed by atoms with van der Waals surface area (Å²) in [6, 6.07) is 99.3. The molecule has 4 heteroatoms. The van der Waals surface area contributed by atoms with Crippen molar-refractivity contribution >= 4 is 11.0 Å². The predicted octanol–water partition coefficient (Wildman–Crippen LogP) is 20.5. The number of pyridine rings is 1. The first-order chi connectivity index (χ1) is 42.2. The van der Waals surface area contributed by atoms with Crippen LogP contribution in [0.15, 0.2) is 291 Å². The summed E-state index contributed by atoms with van der Waals surface area (Å²) in [4.78, 5) is 10.9. The lowest BCUT2D eigenvalue weighted by Gasteiger charge is -2.32. The van der Waals surface area contributed by atoms with Crippen LogP contribution in [0.3, 0.4) is 0 Å². The molecule has 0 bridgehead atoms. The Morgan fingerprint density at radius 2 is 0.940 bits per heavy atom. The first kappa shape index (κ1) is 49.6. The molecule has 0 aliphatic heterocycles. The van der Waals surface area contributed by atoms with Crippen LogP contribution in [0.5, 0.6) is 5.75 Å². The van der Waals surface area contributed by atoms with E-state index in [9.17, 15) is 7.85 Å². The average molecular weight is 1080 g/mol. The predicted molar refractivity (Wildman–Crippen MR) is 348 cm³/mol. The number of benzene rings is 11. The number of phenols is 1. The Morgan fingerprint density at radius 3 is 1.56 bits per heavy atom. The second-order valence-corrected chi connectivity index (χ2v) is 22.3. The van der Waals surface area contributed by atoms with E-state index in [1.165, 1.54) is 16.7 Å². The third kappa shape index (κ3) is 10.0. The van der Waals surface area contributed by atoms with Crippen molar-refractivity contribution in [3.63, 3.8) is 0 Å². The molecule has 13 aromatic rings. The number of nitrogens with zero attached hydrogens (tertiary/aromatic N) is 3. The van der Waals surface area contributed by atoms with Gasteiger partial charge in [-0.15, -0.1) is 0 Å². The molecule has 0 spiro atoms. The third-order valence-electron chi connectivity index (χ3n) is 17.2. The first-order valence-corrected chi connectivity index (χ1v) is 29.3. The fourth-order valence-electron chi connectivity index (χ4n) is 12.7. The average Bonchev–Trinajstić information content (AvgIpc) is 2.18. The van der Waals surface area contributed by atoms with Crippen LogP contribution in [0, 0.1) is 5.92 Å². The van der Waals surface area contributed by atoms with Crippen LogP contribution >= 0.6 is 0 Å². The lowest BCUT2D eigenvalue weighted by molar-refractivity contribution is 0.479. The molecule has 1 aliphatic carbocycles. The number of hydrogen-bond donors (Lipinski definition) is 1. The Labute approximate surface area is 495 Å². The largest absolute Gasteiger partial charge is 0.507 e. The highest BCUT2D eigenvalue weighted by Gasteiger charge is 2.31.